The van der Waals surface area contributed by atoms with Gasteiger partial charge < -0.3 is 21.1 Å². The molecular formula is C25H21N3O5. The molecule has 0 aliphatic carbocycles. The van der Waals surface area contributed by atoms with Crippen molar-refractivity contribution in [1.82, 2.24) is 10.6 Å². The smallest absolute Gasteiger partial charge is 0.322 e. The van der Waals surface area contributed by atoms with Gasteiger partial charge in [0.1, 0.15) is 12.2 Å². The van der Waals surface area contributed by atoms with E-state index in [0.717, 1.165) is 5.56 Å². The zero-order valence-electron chi connectivity index (χ0n) is 17.4. The first-order chi connectivity index (χ1) is 15.9. The van der Waals surface area contributed by atoms with Crippen LogP contribution in [-0.2, 0) is 9.59 Å². The van der Waals surface area contributed by atoms with Crippen LogP contribution in [0.15, 0.2) is 90.6 Å². The van der Waals surface area contributed by atoms with Gasteiger partial charge in [0.15, 0.2) is 0 Å². The Kier molecular flexibility index (Phi) is 7.69. The van der Waals surface area contributed by atoms with Crippen LogP contribution in [0.2, 0.25) is 0 Å². The number of carboxylic acids is 1. The van der Waals surface area contributed by atoms with Crippen LogP contribution < -0.4 is 16.0 Å². The van der Waals surface area contributed by atoms with E-state index in [4.69, 9.17) is 5.11 Å². The fourth-order valence-corrected chi connectivity index (χ4v) is 2.82. The Balaban J connectivity index is 1.76. The molecular weight excluding hydrogens is 422 g/mol. The Bertz CT molecular complexity index is 1170. The number of carbonyl (C=O) groups excluding carboxylic acids is 3. The largest absolute Gasteiger partial charge is 0.480 e. The molecule has 8 nitrogen and oxygen atoms in total. The first kappa shape index (κ1) is 23.0. The summed E-state index contributed by atoms with van der Waals surface area (Å²) >= 11 is 0. The first-order valence-corrected chi connectivity index (χ1v) is 9.97. The molecule has 0 aromatic heterocycles. The molecule has 0 heterocycles. The molecule has 3 amide bonds. The summed E-state index contributed by atoms with van der Waals surface area (Å²) in [4.78, 5) is 48.1. The van der Waals surface area contributed by atoms with Crippen LogP contribution in [0.25, 0.3) is 6.08 Å². The van der Waals surface area contributed by atoms with Crippen LogP contribution in [0.1, 0.15) is 26.3 Å². The molecule has 0 bridgehead atoms. The number of hydrogen-bond acceptors (Lipinski definition) is 4. The van der Waals surface area contributed by atoms with Gasteiger partial charge in [-0.2, -0.15) is 0 Å². The summed E-state index contributed by atoms with van der Waals surface area (Å²) < 4.78 is 0. The van der Waals surface area contributed by atoms with Gasteiger partial charge in [-0.05, 0) is 48.0 Å². The van der Waals surface area contributed by atoms with E-state index in [1.165, 1.54) is 24.3 Å². The normalized spacial score (nSPS) is 10.7. The van der Waals surface area contributed by atoms with Crippen LogP contribution >= 0.6 is 0 Å². The topological polar surface area (TPSA) is 125 Å². The maximum absolute atomic E-state index is 12.9. The van der Waals surface area contributed by atoms with Crippen molar-refractivity contribution in [2.75, 3.05) is 11.9 Å². The van der Waals surface area contributed by atoms with E-state index in [0.29, 0.717) is 11.3 Å². The number of benzene rings is 3. The molecule has 4 N–H and O–H groups in total. The monoisotopic (exact) mass is 443 g/mol. The molecule has 3 aromatic carbocycles. The van der Waals surface area contributed by atoms with E-state index in [-0.39, 0.29) is 11.3 Å². The average Bonchev–Trinajstić information content (AvgIpc) is 2.83. The predicted molar refractivity (Wildman–Crippen MR) is 123 cm³/mol. The van der Waals surface area contributed by atoms with Crippen molar-refractivity contribution >= 4 is 35.5 Å². The number of amides is 3. The quantitative estimate of drug-likeness (QED) is 0.399. The van der Waals surface area contributed by atoms with Gasteiger partial charge in [-0.1, -0.05) is 48.5 Å². The minimum Gasteiger partial charge on any atom is -0.480 e. The van der Waals surface area contributed by atoms with E-state index >= 15 is 0 Å². The van der Waals surface area contributed by atoms with Crippen LogP contribution in [0.4, 0.5) is 5.69 Å². The van der Waals surface area contributed by atoms with Crippen molar-refractivity contribution in [2.24, 2.45) is 0 Å². The van der Waals surface area contributed by atoms with Gasteiger partial charge in [-0.25, -0.2) is 0 Å². The summed E-state index contributed by atoms with van der Waals surface area (Å²) in [6.45, 7) is -0.494. The molecule has 0 spiro atoms. The Hall–Kier alpha value is -4.72. The standard InChI is InChI=1S/C25H21N3O5/c29-22(30)16-26-23(31)19-11-13-20(14-12-19)27-25(33)21(15-17-7-3-1-4-8-17)28-24(32)18-9-5-2-6-10-18/h1-15H,16H2,(H,26,31)(H,27,33)(H,28,32)(H,29,30)/b21-15+. The van der Waals surface area contributed by atoms with E-state index in [1.54, 1.807) is 48.5 Å². The van der Waals surface area contributed by atoms with Crippen molar-refractivity contribution in [2.45, 2.75) is 0 Å². The van der Waals surface area contributed by atoms with Crippen LogP contribution in [0, 0.1) is 0 Å². The summed E-state index contributed by atoms with van der Waals surface area (Å²) in [6.07, 6.45) is 1.56. The molecule has 3 rings (SSSR count). The van der Waals surface area contributed by atoms with Crippen molar-refractivity contribution < 1.29 is 24.3 Å². The third kappa shape index (κ3) is 6.90. The van der Waals surface area contributed by atoms with Gasteiger partial charge in [-0.3, -0.25) is 19.2 Å². The Morgan fingerprint density at radius 1 is 0.727 bits per heavy atom. The summed E-state index contributed by atoms with van der Waals surface area (Å²) in [6, 6.07) is 23.5. The fourth-order valence-electron chi connectivity index (χ4n) is 2.82. The van der Waals surface area contributed by atoms with Gasteiger partial charge in [0.25, 0.3) is 17.7 Å². The summed E-state index contributed by atoms with van der Waals surface area (Å²) in [5, 5.41) is 16.2. The highest BCUT2D eigenvalue weighted by Crippen LogP contribution is 2.13. The first-order valence-electron chi connectivity index (χ1n) is 9.97. The second kappa shape index (κ2) is 11.1. The van der Waals surface area contributed by atoms with E-state index < -0.39 is 30.2 Å². The summed E-state index contributed by atoms with van der Waals surface area (Å²) in [5.41, 5.74) is 1.80. The van der Waals surface area contributed by atoms with Crippen molar-refractivity contribution in [3.8, 4) is 0 Å². The molecule has 0 saturated carbocycles. The molecule has 166 valence electrons. The summed E-state index contributed by atoms with van der Waals surface area (Å²) in [7, 11) is 0. The molecule has 0 saturated heterocycles. The van der Waals surface area contributed by atoms with E-state index in [9.17, 15) is 19.2 Å². The second-order valence-electron chi connectivity index (χ2n) is 6.90. The maximum atomic E-state index is 12.9. The van der Waals surface area contributed by atoms with Crippen molar-refractivity contribution in [3.05, 3.63) is 107 Å². The fraction of sp³-hybridized carbons (Fsp3) is 0.0400. The van der Waals surface area contributed by atoms with Crippen molar-refractivity contribution in [1.29, 1.82) is 0 Å². The zero-order valence-corrected chi connectivity index (χ0v) is 17.4. The lowest BCUT2D eigenvalue weighted by molar-refractivity contribution is -0.135. The molecule has 0 aliphatic rings. The number of anilines is 1. The molecule has 0 unspecified atom stereocenters. The number of carboxylic acid groups (broad SMARTS) is 1. The molecule has 0 radical (unpaired) electrons. The third-order valence-electron chi connectivity index (χ3n) is 4.44. The van der Waals surface area contributed by atoms with Gasteiger partial charge in [-0.15, -0.1) is 0 Å². The lowest BCUT2D eigenvalue weighted by atomic mass is 10.1. The number of nitrogens with one attached hydrogen (secondary N) is 3. The second-order valence-corrected chi connectivity index (χ2v) is 6.90. The molecule has 0 aliphatic heterocycles. The van der Waals surface area contributed by atoms with Crippen molar-refractivity contribution in [3.63, 3.8) is 0 Å². The number of hydrogen-bond donors (Lipinski definition) is 4. The van der Waals surface area contributed by atoms with E-state index in [1.807, 2.05) is 18.2 Å². The highest BCUT2D eigenvalue weighted by atomic mass is 16.4. The molecule has 0 fully saturated rings. The predicted octanol–water partition coefficient (Wildman–Crippen LogP) is 2.91. The Morgan fingerprint density at radius 3 is 1.91 bits per heavy atom. The highest BCUT2D eigenvalue weighted by Gasteiger charge is 2.15. The SMILES string of the molecule is O=C(O)CNC(=O)c1ccc(NC(=O)/C(=C\c2ccccc2)NC(=O)c2ccccc2)cc1. The van der Waals surface area contributed by atoms with Crippen LogP contribution in [0.3, 0.4) is 0 Å². The molecule has 3 aromatic rings. The van der Waals surface area contributed by atoms with E-state index in [2.05, 4.69) is 16.0 Å². The average molecular weight is 443 g/mol. The maximum Gasteiger partial charge on any atom is 0.322 e. The number of aliphatic carboxylic acids is 1. The lowest BCUT2D eigenvalue weighted by Gasteiger charge is -2.12. The number of rotatable bonds is 8. The Labute approximate surface area is 190 Å². The van der Waals surface area contributed by atoms with Gasteiger partial charge in [0, 0.05) is 16.8 Å². The van der Waals surface area contributed by atoms with Gasteiger partial charge in [0.05, 0.1) is 0 Å². The molecule has 33 heavy (non-hydrogen) atoms. The van der Waals surface area contributed by atoms with Gasteiger partial charge in [0.2, 0.25) is 0 Å². The van der Waals surface area contributed by atoms with Gasteiger partial charge >= 0.3 is 5.97 Å². The summed E-state index contributed by atoms with van der Waals surface area (Å²) in [5.74, 6) is -2.68. The highest BCUT2D eigenvalue weighted by molar-refractivity contribution is 6.10. The van der Waals surface area contributed by atoms with Crippen LogP contribution in [-0.4, -0.2) is 35.3 Å². The minimum absolute atomic E-state index is 0.0401. The molecule has 0 atom stereocenters. The Morgan fingerprint density at radius 2 is 1.30 bits per heavy atom. The third-order valence-corrected chi connectivity index (χ3v) is 4.44. The minimum atomic E-state index is -1.15. The molecule has 8 heteroatoms. The lowest BCUT2D eigenvalue weighted by Crippen LogP contribution is -2.31. The zero-order chi connectivity index (χ0) is 23.6. The van der Waals surface area contributed by atoms with Crippen LogP contribution in [0.5, 0.6) is 0 Å². The number of carbonyl (C=O) groups is 4.